The second-order valence-corrected chi connectivity index (χ2v) is 12.6. The van der Waals surface area contributed by atoms with Crippen molar-refractivity contribution in [3.05, 3.63) is 132 Å². The van der Waals surface area contributed by atoms with E-state index >= 15 is 0 Å². The van der Waals surface area contributed by atoms with Gasteiger partial charge in [0.25, 0.3) is 11.8 Å². The number of aromatic nitrogens is 8. The van der Waals surface area contributed by atoms with Gasteiger partial charge in [0.2, 0.25) is 0 Å². The Kier molecular flexibility index (Phi) is 9.29. The number of benzene rings is 5. The summed E-state index contributed by atoms with van der Waals surface area (Å²) in [6.07, 6.45) is 0. The van der Waals surface area contributed by atoms with E-state index in [1.165, 1.54) is 4.90 Å². The Hall–Kier alpha value is -6.15. The van der Waals surface area contributed by atoms with E-state index in [9.17, 15) is 9.59 Å². The standard InChI is InChI=1S/C32H16N8.C10H9NO2.Cu.HI/c1-2-10-18-17(9-1)25-33-26(18)38-28-21-13-5-6-14-22(21)30(35-28)40-32-24-16-8-7-15-23(24)31(36-32)39-29-20-12-4-3-11-19(20)27(34-29)37-25;1-2-11-9(12)7-5-3-4-6-8(7)10(11)13;;/h1-16H;3-6H,2H2,1H3;;1H/q-2;;+2;. The molecule has 269 valence electrons. The fourth-order valence-corrected chi connectivity index (χ4v) is 6.98. The molecule has 8 bridgehead atoms. The van der Waals surface area contributed by atoms with E-state index in [2.05, 4.69) is 0 Å². The molecule has 0 N–H and O–H groups in total. The zero-order chi connectivity index (χ0) is 35.6. The normalized spacial score (nSPS) is 12.3. The second kappa shape index (κ2) is 14.2. The van der Waals surface area contributed by atoms with Crippen molar-refractivity contribution in [1.82, 2.24) is 44.8 Å². The topological polar surface area (TPSA) is 143 Å². The monoisotopic (exact) mass is 878 g/mol. The van der Waals surface area contributed by atoms with Crippen LogP contribution in [0.25, 0.3) is 89.7 Å². The molecule has 5 aromatic carbocycles. The number of carbonyl (C=O) groups is 2. The maximum Gasteiger partial charge on any atom is 2.00 e. The summed E-state index contributed by atoms with van der Waals surface area (Å²) in [5.41, 5.74) is 6.83. The third-order valence-corrected chi connectivity index (χ3v) is 9.52. The summed E-state index contributed by atoms with van der Waals surface area (Å²) in [6.45, 7) is 2.23. The van der Waals surface area contributed by atoms with Crippen LogP contribution in [0.1, 0.15) is 27.6 Å². The van der Waals surface area contributed by atoms with Crippen molar-refractivity contribution >= 4 is 79.9 Å². The van der Waals surface area contributed by atoms with Crippen LogP contribution in [0.2, 0.25) is 0 Å². The Morgan fingerprint density at radius 1 is 0.418 bits per heavy atom. The minimum absolute atomic E-state index is 0. The van der Waals surface area contributed by atoms with Crippen molar-refractivity contribution in [3.8, 4) is 45.6 Å². The van der Waals surface area contributed by atoms with Gasteiger partial charge in [-0.05, 0) is 40.6 Å². The summed E-state index contributed by atoms with van der Waals surface area (Å²) in [5, 5.41) is 3.57. The molecule has 0 fully saturated rings. The van der Waals surface area contributed by atoms with Crippen LogP contribution in [-0.4, -0.2) is 53.2 Å². The number of amides is 2. The first kappa shape index (κ1) is 35.9. The van der Waals surface area contributed by atoms with Gasteiger partial charge < -0.3 is 29.9 Å². The third kappa shape index (κ3) is 5.87. The van der Waals surface area contributed by atoms with E-state index in [1.54, 1.807) is 31.2 Å². The van der Waals surface area contributed by atoms with E-state index in [-0.39, 0.29) is 52.9 Å². The van der Waals surface area contributed by atoms with Gasteiger partial charge in [0, 0.05) is 51.4 Å². The summed E-state index contributed by atoms with van der Waals surface area (Å²) < 4.78 is 0. The summed E-state index contributed by atoms with van der Waals surface area (Å²) in [7, 11) is 0. The molecule has 8 aromatic rings. The SMILES string of the molecule is CCN1C(=O)c2ccccc2C1=O.I.[Cu+2].c1ccc2c(c1)-c1nc-2nc2[n-]c(nc3nc(nc4[n-]c(n1)c1ccccc41)-c1ccccc1-3)c1ccccc21. The summed E-state index contributed by atoms with van der Waals surface area (Å²) in [5.74, 6) is 1.85. The molecular weight excluding hydrogens is 853 g/mol. The van der Waals surface area contributed by atoms with Crippen LogP contribution in [0.4, 0.5) is 0 Å². The van der Waals surface area contributed by atoms with Crippen LogP contribution in [0.15, 0.2) is 121 Å². The Labute approximate surface area is 340 Å². The molecule has 13 heteroatoms. The van der Waals surface area contributed by atoms with E-state index < -0.39 is 0 Å². The molecule has 0 aliphatic carbocycles. The average Bonchev–Trinajstić information content (AvgIpc) is 3.98. The summed E-state index contributed by atoms with van der Waals surface area (Å²) in [6, 6.07) is 38.7. The van der Waals surface area contributed by atoms with Gasteiger partial charge in [-0.1, -0.05) is 109 Å². The number of carbonyl (C=O) groups excluding carboxylic acids is 2. The number of hydrogen-bond acceptors (Lipinski definition) is 8. The second-order valence-electron chi connectivity index (χ2n) is 12.6. The predicted molar refractivity (Wildman–Crippen MR) is 217 cm³/mol. The van der Waals surface area contributed by atoms with Crippen molar-refractivity contribution < 1.29 is 26.7 Å². The zero-order valence-electron chi connectivity index (χ0n) is 28.8. The van der Waals surface area contributed by atoms with Gasteiger partial charge >= 0.3 is 17.1 Å². The third-order valence-electron chi connectivity index (χ3n) is 9.52. The molecule has 2 amide bonds. The minimum Gasteiger partial charge on any atom is -0.357 e. The molecule has 3 aromatic heterocycles. The maximum atomic E-state index is 11.5. The first-order chi connectivity index (χ1) is 26.1. The molecule has 11 rings (SSSR count). The maximum absolute atomic E-state index is 11.5. The molecule has 55 heavy (non-hydrogen) atoms. The fourth-order valence-electron chi connectivity index (χ4n) is 6.98. The molecule has 0 saturated carbocycles. The van der Waals surface area contributed by atoms with Gasteiger partial charge in [-0.25, -0.2) is 9.97 Å². The Morgan fingerprint density at radius 2 is 0.673 bits per heavy atom. The van der Waals surface area contributed by atoms with Crippen molar-refractivity contribution in [2.75, 3.05) is 6.54 Å². The molecule has 3 aliphatic rings. The first-order valence-corrected chi connectivity index (χ1v) is 17.1. The fraction of sp³-hybridized carbons (Fsp3) is 0.0476. The van der Waals surface area contributed by atoms with Crippen LogP contribution in [0, 0.1) is 0 Å². The first-order valence-electron chi connectivity index (χ1n) is 17.1. The van der Waals surface area contributed by atoms with Crippen LogP contribution in [0.3, 0.4) is 0 Å². The Morgan fingerprint density at radius 3 is 0.945 bits per heavy atom. The largest absolute Gasteiger partial charge is 2.00 e. The van der Waals surface area contributed by atoms with Gasteiger partial charge in [-0.2, -0.15) is 0 Å². The number of nitrogens with zero attached hydrogens (tertiary/aromatic N) is 9. The van der Waals surface area contributed by atoms with Crippen LogP contribution in [0.5, 0.6) is 0 Å². The number of rotatable bonds is 1. The van der Waals surface area contributed by atoms with Crippen LogP contribution in [-0.2, 0) is 17.1 Å². The number of imide groups is 1. The van der Waals surface area contributed by atoms with Crippen LogP contribution < -0.4 is 9.97 Å². The molecule has 0 atom stereocenters. The number of fused-ring (bicyclic) bond motifs is 21. The Bertz CT molecular complexity index is 2680. The summed E-state index contributed by atoms with van der Waals surface area (Å²) in [4.78, 5) is 63.6. The van der Waals surface area contributed by atoms with Crippen molar-refractivity contribution in [2.24, 2.45) is 0 Å². The van der Waals surface area contributed by atoms with Gasteiger partial charge in [0.05, 0.1) is 34.4 Å². The molecule has 0 unspecified atom stereocenters. The van der Waals surface area contributed by atoms with E-state index in [0.717, 1.165) is 43.8 Å². The van der Waals surface area contributed by atoms with Crippen molar-refractivity contribution in [2.45, 2.75) is 6.92 Å². The van der Waals surface area contributed by atoms with Gasteiger partial charge in [-0.15, -0.1) is 24.0 Å². The molecule has 6 heterocycles. The van der Waals surface area contributed by atoms with E-state index in [0.29, 0.717) is 63.6 Å². The van der Waals surface area contributed by atoms with Crippen molar-refractivity contribution in [3.63, 3.8) is 0 Å². The predicted octanol–water partition coefficient (Wildman–Crippen LogP) is 8.05. The van der Waals surface area contributed by atoms with Crippen molar-refractivity contribution in [1.29, 1.82) is 0 Å². The quantitative estimate of drug-likeness (QED) is 0.0904. The molecule has 3 aliphatic heterocycles. The number of halogens is 1. The minimum atomic E-state index is -0.178. The zero-order valence-corrected chi connectivity index (χ0v) is 32.1. The molecule has 11 nitrogen and oxygen atoms in total. The van der Waals surface area contributed by atoms with Crippen LogP contribution >= 0.6 is 24.0 Å². The van der Waals surface area contributed by atoms with E-state index in [1.807, 2.05) is 97.1 Å². The molecule has 1 radical (unpaired) electrons. The molecule has 0 spiro atoms. The summed E-state index contributed by atoms with van der Waals surface area (Å²) >= 11 is 0. The van der Waals surface area contributed by atoms with Gasteiger partial charge in [-0.3, -0.25) is 14.5 Å². The Balaban J connectivity index is 0.000000243. The smallest absolute Gasteiger partial charge is 0.357 e. The average molecular weight is 879 g/mol. The van der Waals surface area contributed by atoms with Gasteiger partial charge in [0.1, 0.15) is 0 Å². The van der Waals surface area contributed by atoms with Gasteiger partial charge in [0.15, 0.2) is 0 Å². The van der Waals surface area contributed by atoms with E-state index in [4.69, 9.17) is 39.9 Å². The molecule has 0 saturated heterocycles. The molecular formula is C42H26CuIN9O2. The number of hydrogen-bond donors (Lipinski definition) is 0.